The number of ether oxygens (including phenoxy) is 1. The standard InChI is InChI=1S/C10H11ClFNO/c1-14-7-3-2-6(11)8(9(7)12)10(13)4-5-10/h2-3H,4-5,13H2,1H3. The maximum atomic E-state index is 13.8. The van der Waals surface area contributed by atoms with Gasteiger partial charge in [0.1, 0.15) is 0 Å². The van der Waals surface area contributed by atoms with Crippen LogP contribution >= 0.6 is 11.6 Å². The normalized spacial score (nSPS) is 18.0. The summed E-state index contributed by atoms with van der Waals surface area (Å²) >= 11 is 5.91. The van der Waals surface area contributed by atoms with E-state index in [-0.39, 0.29) is 5.75 Å². The molecule has 1 saturated carbocycles. The summed E-state index contributed by atoms with van der Waals surface area (Å²) in [7, 11) is 1.42. The number of halogens is 2. The average Bonchev–Trinajstić information content (AvgIpc) is 2.85. The van der Waals surface area contributed by atoms with Crippen molar-refractivity contribution in [3.63, 3.8) is 0 Å². The minimum atomic E-state index is -0.574. The fourth-order valence-corrected chi connectivity index (χ4v) is 1.87. The van der Waals surface area contributed by atoms with Crippen LogP contribution in [0.2, 0.25) is 5.02 Å². The number of nitrogens with two attached hydrogens (primary N) is 1. The van der Waals surface area contributed by atoms with Gasteiger partial charge < -0.3 is 10.5 Å². The summed E-state index contributed by atoms with van der Waals surface area (Å²) < 4.78 is 18.7. The van der Waals surface area contributed by atoms with E-state index in [2.05, 4.69) is 0 Å². The highest BCUT2D eigenvalue weighted by Crippen LogP contribution is 2.48. The summed E-state index contributed by atoms with van der Waals surface area (Å²) in [5, 5.41) is 0.378. The maximum absolute atomic E-state index is 13.8. The minimum Gasteiger partial charge on any atom is -0.494 e. The van der Waals surface area contributed by atoms with Crippen molar-refractivity contribution in [1.82, 2.24) is 0 Å². The molecule has 76 valence electrons. The molecule has 0 saturated heterocycles. The maximum Gasteiger partial charge on any atom is 0.171 e. The van der Waals surface area contributed by atoms with Gasteiger partial charge in [-0.1, -0.05) is 11.6 Å². The Morgan fingerprint density at radius 2 is 2.14 bits per heavy atom. The van der Waals surface area contributed by atoms with Crippen molar-refractivity contribution in [2.45, 2.75) is 18.4 Å². The van der Waals surface area contributed by atoms with Gasteiger partial charge in [-0.05, 0) is 25.0 Å². The summed E-state index contributed by atoms with van der Waals surface area (Å²) in [4.78, 5) is 0. The van der Waals surface area contributed by atoms with Gasteiger partial charge in [-0.15, -0.1) is 0 Å². The molecule has 2 nitrogen and oxygen atoms in total. The monoisotopic (exact) mass is 215 g/mol. The van der Waals surface area contributed by atoms with Crippen molar-refractivity contribution >= 4 is 11.6 Å². The predicted octanol–water partition coefficient (Wildman–Crippen LogP) is 2.44. The van der Waals surface area contributed by atoms with Gasteiger partial charge >= 0.3 is 0 Å². The van der Waals surface area contributed by atoms with E-state index in [1.54, 1.807) is 6.07 Å². The molecular formula is C10H11ClFNO. The number of hydrogen-bond donors (Lipinski definition) is 1. The first-order valence-electron chi connectivity index (χ1n) is 4.40. The minimum absolute atomic E-state index is 0.195. The SMILES string of the molecule is COc1ccc(Cl)c(C2(N)CC2)c1F. The molecule has 0 atom stereocenters. The molecule has 1 aliphatic rings. The van der Waals surface area contributed by atoms with Crippen molar-refractivity contribution in [2.24, 2.45) is 5.73 Å². The second-order valence-corrected chi connectivity index (χ2v) is 4.00. The Morgan fingerprint density at radius 3 is 2.64 bits per heavy atom. The lowest BCUT2D eigenvalue weighted by Gasteiger charge is -2.14. The van der Waals surface area contributed by atoms with Crippen molar-refractivity contribution in [3.8, 4) is 5.75 Å². The number of benzene rings is 1. The van der Waals surface area contributed by atoms with Crippen molar-refractivity contribution in [3.05, 3.63) is 28.5 Å². The van der Waals surface area contributed by atoms with Gasteiger partial charge in [0.15, 0.2) is 11.6 Å². The summed E-state index contributed by atoms with van der Waals surface area (Å²) in [6, 6.07) is 3.12. The molecule has 1 aromatic rings. The van der Waals surface area contributed by atoms with Crippen molar-refractivity contribution in [2.75, 3.05) is 7.11 Å². The molecular weight excluding hydrogens is 205 g/mol. The Morgan fingerprint density at radius 1 is 1.50 bits per heavy atom. The third-order valence-corrected chi connectivity index (χ3v) is 2.88. The quantitative estimate of drug-likeness (QED) is 0.823. The highest BCUT2D eigenvalue weighted by molar-refractivity contribution is 6.31. The van der Waals surface area contributed by atoms with E-state index < -0.39 is 11.4 Å². The molecule has 0 radical (unpaired) electrons. The molecule has 1 aromatic carbocycles. The second-order valence-electron chi connectivity index (χ2n) is 3.59. The molecule has 2 rings (SSSR count). The second kappa shape index (κ2) is 3.11. The van der Waals surface area contributed by atoms with Crippen molar-refractivity contribution < 1.29 is 9.13 Å². The lowest BCUT2D eigenvalue weighted by Crippen LogP contribution is -2.21. The number of hydrogen-bond acceptors (Lipinski definition) is 2. The topological polar surface area (TPSA) is 35.2 Å². The summed E-state index contributed by atoms with van der Waals surface area (Å²) in [6.07, 6.45) is 1.55. The van der Waals surface area contributed by atoms with E-state index in [9.17, 15) is 4.39 Å². The van der Waals surface area contributed by atoms with Crippen LogP contribution in [0, 0.1) is 5.82 Å². The zero-order valence-corrected chi connectivity index (χ0v) is 8.57. The molecule has 0 heterocycles. The van der Waals surface area contributed by atoms with E-state index in [1.807, 2.05) is 0 Å². The molecule has 0 bridgehead atoms. The van der Waals surface area contributed by atoms with Crippen molar-refractivity contribution in [1.29, 1.82) is 0 Å². The molecule has 0 aliphatic heterocycles. The van der Waals surface area contributed by atoms with Crippen LogP contribution in [0.1, 0.15) is 18.4 Å². The van der Waals surface area contributed by atoms with Crippen LogP contribution in [-0.2, 0) is 5.54 Å². The Hall–Kier alpha value is -0.800. The third-order valence-electron chi connectivity index (χ3n) is 2.56. The van der Waals surface area contributed by atoms with Gasteiger partial charge in [0.05, 0.1) is 7.11 Å². The predicted molar refractivity (Wildman–Crippen MR) is 53.1 cm³/mol. The Kier molecular flexibility index (Phi) is 2.16. The summed E-state index contributed by atoms with van der Waals surface area (Å²) in [5.41, 5.74) is 5.73. The smallest absolute Gasteiger partial charge is 0.171 e. The van der Waals surface area contributed by atoms with E-state index in [4.69, 9.17) is 22.1 Å². The Balaban J connectivity index is 2.56. The molecule has 1 fully saturated rings. The van der Waals surface area contributed by atoms with E-state index in [0.717, 1.165) is 12.8 Å². The molecule has 0 aromatic heterocycles. The van der Waals surface area contributed by atoms with Crippen LogP contribution < -0.4 is 10.5 Å². The van der Waals surface area contributed by atoms with Crippen LogP contribution in [0.5, 0.6) is 5.75 Å². The zero-order valence-electron chi connectivity index (χ0n) is 7.81. The molecule has 0 spiro atoms. The molecule has 0 unspecified atom stereocenters. The average molecular weight is 216 g/mol. The van der Waals surface area contributed by atoms with E-state index in [1.165, 1.54) is 13.2 Å². The first-order chi connectivity index (χ1) is 6.58. The van der Waals surface area contributed by atoms with E-state index in [0.29, 0.717) is 10.6 Å². The lowest BCUT2D eigenvalue weighted by atomic mass is 10.0. The van der Waals surface area contributed by atoms with Gasteiger partial charge in [-0.25, -0.2) is 4.39 Å². The van der Waals surface area contributed by atoms with Gasteiger partial charge in [-0.3, -0.25) is 0 Å². The van der Waals surface area contributed by atoms with Crippen LogP contribution in [0.25, 0.3) is 0 Å². The highest BCUT2D eigenvalue weighted by Gasteiger charge is 2.44. The first-order valence-corrected chi connectivity index (χ1v) is 4.77. The number of rotatable bonds is 2. The fourth-order valence-electron chi connectivity index (χ4n) is 1.53. The van der Waals surface area contributed by atoms with Gasteiger partial charge in [0, 0.05) is 16.1 Å². The lowest BCUT2D eigenvalue weighted by molar-refractivity contribution is 0.381. The first kappa shape index (κ1) is 9.74. The van der Waals surface area contributed by atoms with Gasteiger partial charge in [0.2, 0.25) is 0 Å². The van der Waals surface area contributed by atoms with Crippen LogP contribution in [0.4, 0.5) is 4.39 Å². The number of methoxy groups -OCH3 is 1. The molecule has 14 heavy (non-hydrogen) atoms. The fraction of sp³-hybridized carbons (Fsp3) is 0.400. The summed E-state index contributed by atoms with van der Waals surface area (Å²) in [6.45, 7) is 0. The highest BCUT2D eigenvalue weighted by atomic mass is 35.5. The van der Waals surface area contributed by atoms with Crippen LogP contribution in [0.15, 0.2) is 12.1 Å². The summed E-state index contributed by atoms with van der Waals surface area (Å²) in [5.74, 6) is -0.235. The molecule has 2 N–H and O–H groups in total. The van der Waals surface area contributed by atoms with Crippen LogP contribution in [-0.4, -0.2) is 7.11 Å². The largest absolute Gasteiger partial charge is 0.494 e. The third kappa shape index (κ3) is 1.37. The zero-order chi connectivity index (χ0) is 10.3. The molecule has 4 heteroatoms. The van der Waals surface area contributed by atoms with Gasteiger partial charge in [0.25, 0.3) is 0 Å². The Bertz CT molecular complexity index is 377. The van der Waals surface area contributed by atoms with E-state index >= 15 is 0 Å². The molecule has 1 aliphatic carbocycles. The molecule has 0 amide bonds. The Labute approximate surface area is 86.8 Å². The van der Waals surface area contributed by atoms with Gasteiger partial charge in [-0.2, -0.15) is 0 Å². The van der Waals surface area contributed by atoms with Crippen LogP contribution in [0.3, 0.4) is 0 Å².